The lowest BCUT2D eigenvalue weighted by molar-refractivity contribution is -0.261. The van der Waals surface area contributed by atoms with Crippen LogP contribution in [0.2, 0.25) is 0 Å². The number of aromatic nitrogens is 1. The monoisotopic (exact) mass is 419 g/mol. The molecule has 1 aromatic heterocycles. The molecule has 2 aliphatic rings. The molecule has 2 saturated heterocycles. The Hall–Kier alpha value is -2.84. The number of pyridine rings is 1. The van der Waals surface area contributed by atoms with Gasteiger partial charge in [0.2, 0.25) is 0 Å². The fourth-order valence-electron chi connectivity index (χ4n) is 4.16. The predicted molar refractivity (Wildman–Crippen MR) is 116 cm³/mol. The molecular formula is C24H25N3O4. The van der Waals surface area contributed by atoms with E-state index >= 15 is 0 Å². The van der Waals surface area contributed by atoms with Crippen LogP contribution in [-0.2, 0) is 4.74 Å². The zero-order chi connectivity index (χ0) is 21.4. The summed E-state index contributed by atoms with van der Waals surface area (Å²) >= 11 is 0. The number of aliphatic hydroxyl groups is 2. The smallest absolute Gasteiger partial charge is 0.253 e. The van der Waals surface area contributed by atoms with Gasteiger partial charge in [-0.3, -0.25) is 9.69 Å². The molecule has 2 aromatic carbocycles. The summed E-state index contributed by atoms with van der Waals surface area (Å²) in [6.45, 7) is 2.31. The molecule has 0 radical (unpaired) electrons. The number of nitrogens with zero attached hydrogens (tertiary/aromatic N) is 3. The molecule has 31 heavy (non-hydrogen) atoms. The Morgan fingerprint density at radius 1 is 0.968 bits per heavy atom. The number of benzene rings is 2. The number of para-hydroxylation sites is 1. The zero-order valence-electron chi connectivity index (χ0n) is 17.1. The lowest BCUT2D eigenvalue weighted by atomic mass is 9.98. The molecular weight excluding hydrogens is 394 g/mol. The van der Waals surface area contributed by atoms with Gasteiger partial charge in [0.15, 0.2) is 5.60 Å². The number of hydrogen-bond donors (Lipinski definition) is 2. The Kier molecular flexibility index (Phi) is 5.19. The van der Waals surface area contributed by atoms with Crippen molar-refractivity contribution in [1.29, 1.82) is 0 Å². The van der Waals surface area contributed by atoms with Crippen molar-refractivity contribution in [1.82, 2.24) is 14.8 Å². The lowest BCUT2D eigenvalue weighted by Crippen LogP contribution is -2.66. The number of amides is 1. The van der Waals surface area contributed by atoms with Crippen molar-refractivity contribution in [3.63, 3.8) is 0 Å². The van der Waals surface area contributed by atoms with E-state index in [0.29, 0.717) is 31.7 Å². The van der Waals surface area contributed by atoms with E-state index in [0.717, 1.165) is 22.2 Å². The van der Waals surface area contributed by atoms with E-state index in [2.05, 4.69) is 6.07 Å². The van der Waals surface area contributed by atoms with Gasteiger partial charge in [0.05, 0.1) is 24.4 Å². The van der Waals surface area contributed by atoms with Gasteiger partial charge in [-0.15, -0.1) is 0 Å². The maximum absolute atomic E-state index is 12.9. The molecule has 1 unspecified atom stereocenters. The maximum Gasteiger partial charge on any atom is 0.253 e. The van der Waals surface area contributed by atoms with Crippen LogP contribution in [0.3, 0.4) is 0 Å². The summed E-state index contributed by atoms with van der Waals surface area (Å²) in [5, 5.41) is 21.7. The van der Waals surface area contributed by atoms with Gasteiger partial charge in [-0.05, 0) is 24.3 Å². The van der Waals surface area contributed by atoms with Gasteiger partial charge >= 0.3 is 0 Å². The highest BCUT2D eigenvalue weighted by atomic mass is 16.5. The van der Waals surface area contributed by atoms with Crippen molar-refractivity contribution in [2.45, 2.75) is 11.8 Å². The van der Waals surface area contributed by atoms with Gasteiger partial charge < -0.3 is 19.8 Å². The first-order chi connectivity index (χ1) is 15.0. The van der Waals surface area contributed by atoms with Gasteiger partial charge in [0.25, 0.3) is 5.91 Å². The summed E-state index contributed by atoms with van der Waals surface area (Å²) < 4.78 is 5.02. The number of hydrogen-bond acceptors (Lipinski definition) is 6. The van der Waals surface area contributed by atoms with Gasteiger partial charge in [-0.1, -0.05) is 36.4 Å². The van der Waals surface area contributed by atoms with Gasteiger partial charge in [-0.25, -0.2) is 4.98 Å². The third-order valence-corrected chi connectivity index (χ3v) is 6.16. The number of ether oxygens (including phenoxy) is 1. The van der Waals surface area contributed by atoms with Crippen molar-refractivity contribution >= 4 is 16.8 Å². The Morgan fingerprint density at radius 2 is 1.68 bits per heavy atom. The number of carbonyl (C=O) groups is 1. The first-order valence-electron chi connectivity index (χ1n) is 10.5. The quantitative estimate of drug-likeness (QED) is 0.670. The molecule has 5 rings (SSSR count). The number of carbonyl (C=O) groups excluding carboxylic acids is 1. The van der Waals surface area contributed by atoms with Crippen molar-refractivity contribution in [3.8, 4) is 11.3 Å². The average molecular weight is 419 g/mol. The van der Waals surface area contributed by atoms with Crippen LogP contribution in [-0.4, -0.2) is 82.1 Å². The fourth-order valence-corrected chi connectivity index (χ4v) is 4.16. The van der Waals surface area contributed by atoms with E-state index in [1.807, 2.05) is 54.6 Å². The second kappa shape index (κ2) is 8.01. The largest absolute Gasteiger partial charge is 0.381 e. The SMILES string of the molecule is O=C(c1ccc(-c2ccc3ccccc3n2)cc1)N1CCN(C(O)C2(O)COC2)CC1. The molecule has 7 heteroatoms. The Morgan fingerprint density at radius 3 is 2.35 bits per heavy atom. The summed E-state index contributed by atoms with van der Waals surface area (Å²) in [6.07, 6.45) is -0.966. The molecule has 160 valence electrons. The van der Waals surface area contributed by atoms with E-state index in [1.165, 1.54) is 0 Å². The lowest BCUT2D eigenvalue weighted by Gasteiger charge is -2.46. The minimum Gasteiger partial charge on any atom is -0.381 e. The highest BCUT2D eigenvalue weighted by molar-refractivity contribution is 5.95. The van der Waals surface area contributed by atoms with Gasteiger partial charge in [0, 0.05) is 42.7 Å². The number of piperazine rings is 1. The van der Waals surface area contributed by atoms with Crippen LogP contribution in [0.1, 0.15) is 10.4 Å². The Balaban J connectivity index is 1.24. The standard InChI is InChI=1S/C24H25N3O4/c28-22(26-11-13-27(14-12-26)23(29)24(30)15-31-16-24)19-7-5-18(6-8-19)21-10-9-17-3-1-2-4-20(17)25-21/h1-10,23,29-30H,11-16H2. The predicted octanol–water partition coefficient (Wildman–Crippen LogP) is 1.74. The molecule has 0 bridgehead atoms. The average Bonchev–Trinajstić information content (AvgIpc) is 2.81. The summed E-state index contributed by atoms with van der Waals surface area (Å²) in [4.78, 5) is 21.2. The number of aliphatic hydroxyl groups excluding tert-OH is 1. The molecule has 1 amide bonds. The Labute approximate surface area is 180 Å². The van der Waals surface area contributed by atoms with Crippen molar-refractivity contribution in [2.24, 2.45) is 0 Å². The van der Waals surface area contributed by atoms with Crippen LogP contribution in [0, 0.1) is 0 Å². The van der Waals surface area contributed by atoms with E-state index in [1.54, 1.807) is 9.80 Å². The van der Waals surface area contributed by atoms with Crippen LogP contribution in [0.4, 0.5) is 0 Å². The van der Waals surface area contributed by atoms with Crippen LogP contribution >= 0.6 is 0 Å². The van der Waals surface area contributed by atoms with E-state index in [9.17, 15) is 15.0 Å². The molecule has 2 N–H and O–H groups in total. The fraction of sp³-hybridized carbons (Fsp3) is 0.333. The third kappa shape index (κ3) is 3.81. The third-order valence-electron chi connectivity index (χ3n) is 6.16. The highest BCUT2D eigenvalue weighted by Gasteiger charge is 2.46. The van der Waals surface area contributed by atoms with Gasteiger partial charge in [-0.2, -0.15) is 0 Å². The molecule has 0 saturated carbocycles. The molecule has 7 nitrogen and oxygen atoms in total. The van der Waals surface area contributed by atoms with Crippen molar-refractivity contribution in [2.75, 3.05) is 39.4 Å². The zero-order valence-corrected chi connectivity index (χ0v) is 17.1. The first-order valence-corrected chi connectivity index (χ1v) is 10.5. The second-order valence-electron chi connectivity index (χ2n) is 8.26. The van der Waals surface area contributed by atoms with E-state index in [-0.39, 0.29) is 19.1 Å². The topological polar surface area (TPSA) is 86.1 Å². The summed E-state index contributed by atoms with van der Waals surface area (Å²) in [5.74, 6) is -0.0298. The molecule has 2 aliphatic heterocycles. The normalized spacial score (nSPS) is 19.7. The number of rotatable bonds is 4. The molecule has 1 atom stereocenters. The first kappa shape index (κ1) is 20.1. The molecule has 3 heterocycles. The van der Waals surface area contributed by atoms with Crippen molar-refractivity contribution < 1.29 is 19.7 Å². The highest BCUT2D eigenvalue weighted by Crippen LogP contribution is 2.25. The molecule has 2 fully saturated rings. The minimum absolute atomic E-state index is 0.0298. The van der Waals surface area contributed by atoms with Crippen LogP contribution in [0.15, 0.2) is 60.7 Å². The second-order valence-corrected chi connectivity index (χ2v) is 8.26. The van der Waals surface area contributed by atoms with Crippen molar-refractivity contribution in [3.05, 3.63) is 66.2 Å². The maximum atomic E-state index is 12.9. The summed E-state index contributed by atoms with van der Waals surface area (Å²) in [5.41, 5.74) is 2.21. The van der Waals surface area contributed by atoms with E-state index < -0.39 is 11.8 Å². The Bertz CT molecular complexity index is 1090. The summed E-state index contributed by atoms with van der Waals surface area (Å²) in [7, 11) is 0. The molecule has 3 aromatic rings. The van der Waals surface area contributed by atoms with Crippen LogP contribution in [0.25, 0.3) is 22.2 Å². The number of fused-ring (bicyclic) bond motifs is 1. The minimum atomic E-state index is -1.20. The summed E-state index contributed by atoms with van der Waals surface area (Å²) in [6, 6.07) is 19.6. The van der Waals surface area contributed by atoms with Crippen LogP contribution in [0.5, 0.6) is 0 Å². The van der Waals surface area contributed by atoms with E-state index in [4.69, 9.17) is 9.72 Å². The van der Waals surface area contributed by atoms with Crippen LogP contribution < -0.4 is 0 Å². The molecule has 0 spiro atoms. The molecule has 0 aliphatic carbocycles. The van der Waals surface area contributed by atoms with Gasteiger partial charge in [0.1, 0.15) is 6.23 Å².